The van der Waals surface area contributed by atoms with E-state index in [9.17, 15) is 0 Å². The molecule has 0 amide bonds. The Morgan fingerprint density at radius 2 is 1.90 bits per heavy atom. The van der Waals surface area contributed by atoms with Crippen molar-refractivity contribution in [1.29, 1.82) is 0 Å². The summed E-state index contributed by atoms with van der Waals surface area (Å²) in [5.41, 5.74) is 1.19. The van der Waals surface area contributed by atoms with E-state index in [2.05, 4.69) is 34.3 Å². The molecule has 2 heterocycles. The van der Waals surface area contributed by atoms with Crippen molar-refractivity contribution >= 4 is 11.5 Å². The maximum Gasteiger partial charge on any atom is 0.128 e. The van der Waals surface area contributed by atoms with Crippen LogP contribution in [0, 0.1) is 5.92 Å². The zero-order chi connectivity index (χ0) is 13.8. The zero-order valence-corrected chi connectivity index (χ0v) is 12.6. The van der Waals surface area contributed by atoms with Crippen molar-refractivity contribution < 1.29 is 0 Å². The first-order valence-corrected chi connectivity index (χ1v) is 8.32. The predicted octanol–water partition coefficient (Wildman–Crippen LogP) is 4.06. The van der Waals surface area contributed by atoms with Gasteiger partial charge in [-0.2, -0.15) is 0 Å². The molecule has 2 aliphatic rings. The summed E-state index contributed by atoms with van der Waals surface area (Å²) in [6.07, 6.45) is 11.4. The molecule has 1 aliphatic carbocycles. The maximum absolute atomic E-state index is 4.62. The van der Waals surface area contributed by atoms with Gasteiger partial charge >= 0.3 is 0 Å². The minimum Gasteiger partial charge on any atom is -0.381 e. The number of aromatic nitrogens is 1. The first kappa shape index (κ1) is 13.7. The summed E-state index contributed by atoms with van der Waals surface area (Å²) in [4.78, 5) is 7.01. The Balaban J connectivity index is 1.53. The SMILES string of the molecule is CCC1CCC(Nc2ccc(N3CCCC3)nc2)CC1. The lowest BCUT2D eigenvalue weighted by Crippen LogP contribution is -2.26. The second kappa shape index (κ2) is 6.47. The highest BCUT2D eigenvalue weighted by Crippen LogP contribution is 2.28. The van der Waals surface area contributed by atoms with Gasteiger partial charge in [-0.15, -0.1) is 0 Å². The van der Waals surface area contributed by atoms with Crippen LogP contribution in [0.5, 0.6) is 0 Å². The highest BCUT2D eigenvalue weighted by Gasteiger charge is 2.20. The number of nitrogens with one attached hydrogen (secondary N) is 1. The summed E-state index contributed by atoms with van der Waals surface area (Å²) in [5, 5.41) is 3.66. The van der Waals surface area contributed by atoms with Gasteiger partial charge in [0.15, 0.2) is 0 Å². The fourth-order valence-electron chi connectivity index (χ4n) is 3.56. The Bertz CT molecular complexity index is 401. The van der Waals surface area contributed by atoms with E-state index in [-0.39, 0.29) is 0 Å². The topological polar surface area (TPSA) is 28.2 Å². The molecule has 2 fully saturated rings. The van der Waals surface area contributed by atoms with Crippen LogP contribution in [0.15, 0.2) is 18.3 Å². The third-order valence-corrected chi connectivity index (χ3v) is 4.97. The smallest absolute Gasteiger partial charge is 0.128 e. The molecule has 0 atom stereocenters. The quantitative estimate of drug-likeness (QED) is 0.896. The Morgan fingerprint density at radius 3 is 2.50 bits per heavy atom. The molecule has 0 spiro atoms. The normalized spacial score (nSPS) is 26.8. The van der Waals surface area contributed by atoms with E-state index in [0.29, 0.717) is 6.04 Å². The lowest BCUT2D eigenvalue weighted by atomic mass is 9.84. The van der Waals surface area contributed by atoms with Crippen LogP contribution < -0.4 is 10.2 Å². The van der Waals surface area contributed by atoms with Crippen LogP contribution in [0.2, 0.25) is 0 Å². The van der Waals surface area contributed by atoms with Crippen LogP contribution in [-0.4, -0.2) is 24.1 Å². The van der Waals surface area contributed by atoms with Gasteiger partial charge in [-0.1, -0.05) is 13.3 Å². The third kappa shape index (κ3) is 3.25. The van der Waals surface area contributed by atoms with Gasteiger partial charge in [0.05, 0.1) is 11.9 Å². The molecule has 0 bridgehead atoms. The summed E-state index contributed by atoms with van der Waals surface area (Å²) >= 11 is 0. The van der Waals surface area contributed by atoms with Gasteiger partial charge in [0.1, 0.15) is 5.82 Å². The first-order chi connectivity index (χ1) is 9.85. The van der Waals surface area contributed by atoms with Crippen LogP contribution in [0.1, 0.15) is 51.9 Å². The maximum atomic E-state index is 4.62. The minimum absolute atomic E-state index is 0.650. The number of hydrogen-bond acceptors (Lipinski definition) is 3. The van der Waals surface area contributed by atoms with Crippen LogP contribution in [0.25, 0.3) is 0 Å². The highest BCUT2D eigenvalue weighted by atomic mass is 15.2. The Hall–Kier alpha value is -1.25. The predicted molar refractivity (Wildman–Crippen MR) is 85.3 cm³/mol. The van der Waals surface area contributed by atoms with Crippen molar-refractivity contribution in [3.63, 3.8) is 0 Å². The van der Waals surface area contributed by atoms with Crippen LogP contribution in [0.3, 0.4) is 0 Å². The second-order valence-electron chi connectivity index (χ2n) is 6.37. The molecule has 1 saturated carbocycles. The lowest BCUT2D eigenvalue weighted by molar-refractivity contribution is 0.330. The molecule has 1 aromatic heterocycles. The Kier molecular flexibility index (Phi) is 4.44. The molecule has 3 nitrogen and oxygen atoms in total. The third-order valence-electron chi connectivity index (χ3n) is 4.97. The summed E-state index contributed by atoms with van der Waals surface area (Å²) in [6.45, 7) is 4.65. The average molecular weight is 273 g/mol. The van der Waals surface area contributed by atoms with Crippen LogP contribution in [0.4, 0.5) is 11.5 Å². The van der Waals surface area contributed by atoms with Gasteiger partial charge in [-0.25, -0.2) is 4.98 Å². The molecule has 1 aliphatic heterocycles. The largest absolute Gasteiger partial charge is 0.381 e. The fraction of sp³-hybridized carbons (Fsp3) is 0.706. The molecule has 0 unspecified atom stereocenters. The van der Waals surface area contributed by atoms with Crippen molar-refractivity contribution in [2.24, 2.45) is 5.92 Å². The molecule has 3 rings (SSSR count). The zero-order valence-electron chi connectivity index (χ0n) is 12.6. The van der Waals surface area contributed by atoms with Gasteiger partial charge < -0.3 is 10.2 Å². The van der Waals surface area contributed by atoms with Crippen molar-refractivity contribution in [1.82, 2.24) is 4.98 Å². The number of anilines is 2. The highest BCUT2D eigenvalue weighted by molar-refractivity contribution is 5.49. The monoisotopic (exact) mass is 273 g/mol. The van der Waals surface area contributed by atoms with E-state index in [4.69, 9.17) is 0 Å². The molecule has 3 heteroatoms. The van der Waals surface area contributed by atoms with Gasteiger partial charge in [-0.05, 0) is 56.6 Å². The molecule has 20 heavy (non-hydrogen) atoms. The van der Waals surface area contributed by atoms with E-state index in [1.165, 1.54) is 63.7 Å². The van der Waals surface area contributed by atoms with E-state index >= 15 is 0 Å². The summed E-state index contributed by atoms with van der Waals surface area (Å²) in [5.74, 6) is 2.10. The molecular weight excluding hydrogens is 246 g/mol. The van der Waals surface area contributed by atoms with E-state index in [1.54, 1.807) is 0 Å². The second-order valence-corrected chi connectivity index (χ2v) is 6.37. The molecule has 1 aromatic rings. The molecular formula is C17H27N3. The summed E-state index contributed by atoms with van der Waals surface area (Å²) in [7, 11) is 0. The summed E-state index contributed by atoms with van der Waals surface area (Å²) in [6, 6.07) is 5.02. The van der Waals surface area contributed by atoms with Crippen molar-refractivity contribution in [2.75, 3.05) is 23.3 Å². The Morgan fingerprint density at radius 1 is 1.15 bits per heavy atom. The van der Waals surface area contributed by atoms with Gasteiger partial charge in [0.2, 0.25) is 0 Å². The summed E-state index contributed by atoms with van der Waals surface area (Å²) < 4.78 is 0. The lowest BCUT2D eigenvalue weighted by Gasteiger charge is -2.29. The van der Waals surface area contributed by atoms with Crippen molar-refractivity contribution in [2.45, 2.75) is 57.9 Å². The number of hydrogen-bond donors (Lipinski definition) is 1. The number of nitrogens with zero attached hydrogens (tertiary/aromatic N) is 2. The first-order valence-electron chi connectivity index (χ1n) is 8.32. The van der Waals surface area contributed by atoms with Gasteiger partial charge in [-0.3, -0.25) is 0 Å². The molecule has 110 valence electrons. The van der Waals surface area contributed by atoms with Crippen molar-refractivity contribution in [3.05, 3.63) is 18.3 Å². The van der Waals surface area contributed by atoms with Crippen molar-refractivity contribution in [3.8, 4) is 0 Å². The fourth-order valence-corrected chi connectivity index (χ4v) is 3.56. The molecule has 0 aromatic carbocycles. The van der Waals surface area contributed by atoms with E-state index in [1.807, 2.05) is 6.20 Å². The molecule has 1 saturated heterocycles. The Labute approximate surface area is 122 Å². The standard InChI is InChI=1S/C17H27N3/c1-2-14-5-7-15(8-6-14)19-16-9-10-17(18-13-16)20-11-3-4-12-20/h9-10,13-15,19H,2-8,11-12H2,1H3. The molecule has 1 N–H and O–H groups in total. The van der Waals surface area contributed by atoms with Crippen LogP contribution >= 0.6 is 0 Å². The van der Waals surface area contributed by atoms with Crippen LogP contribution in [-0.2, 0) is 0 Å². The average Bonchev–Trinajstić information content (AvgIpc) is 3.03. The van der Waals surface area contributed by atoms with E-state index < -0.39 is 0 Å². The van der Waals surface area contributed by atoms with Gasteiger partial charge in [0.25, 0.3) is 0 Å². The number of rotatable bonds is 4. The van der Waals surface area contributed by atoms with E-state index in [0.717, 1.165) is 11.7 Å². The minimum atomic E-state index is 0.650. The molecule has 0 radical (unpaired) electrons. The number of pyridine rings is 1. The van der Waals surface area contributed by atoms with Gasteiger partial charge in [0, 0.05) is 19.1 Å².